The molecule has 0 heterocycles. The molecule has 0 radical (unpaired) electrons. The molecule has 12 heavy (non-hydrogen) atoms. The molecule has 0 bridgehead atoms. The minimum Gasteiger partial charge on any atom is -0.384 e. The molecule has 66 valence electrons. The number of halogens is 2. The van der Waals surface area contributed by atoms with E-state index in [1.165, 1.54) is 0 Å². The number of benzene rings is 1. The summed E-state index contributed by atoms with van der Waals surface area (Å²) >= 11 is 3.36. The Morgan fingerprint density at radius 1 is 1.50 bits per heavy atom. The maximum Gasteiger partial charge on any atom is 0.123 e. The van der Waals surface area contributed by atoms with Gasteiger partial charge >= 0.3 is 0 Å². The normalized spacial score (nSPS) is 8.83. The number of hydrogen-bond acceptors (Lipinski definition) is 1. The van der Waals surface area contributed by atoms with E-state index in [0.29, 0.717) is 0 Å². The average molecular weight is 250 g/mol. The molecule has 0 atom stereocenters. The first-order valence-electron chi connectivity index (χ1n) is 3.22. The van der Waals surface area contributed by atoms with E-state index in [9.17, 15) is 0 Å². The highest BCUT2D eigenvalue weighted by molar-refractivity contribution is 9.10. The van der Waals surface area contributed by atoms with Gasteiger partial charge in [0.05, 0.1) is 0 Å². The lowest BCUT2D eigenvalue weighted by Crippen LogP contribution is -2.11. The van der Waals surface area contributed by atoms with E-state index < -0.39 is 0 Å². The van der Waals surface area contributed by atoms with Gasteiger partial charge in [-0.25, -0.2) is 0 Å². The lowest BCUT2D eigenvalue weighted by atomic mass is 10.1. The Balaban J connectivity index is 0.00000121. The van der Waals surface area contributed by atoms with E-state index >= 15 is 0 Å². The van der Waals surface area contributed by atoms with Crippen LogP contribution in [0.4, 0.5) is 0 Å². The van der Waals surface area contributed by atoms with Gasteiger partial charge in [-0.1, -0.05) is 18.2 Å². The Hall–Kier alpha value is -0.540. The average Bonchev–Trinajstić information content (AvgIpc) is 1.94. The summed E-state index contributed by atoms with van der Waals surface area (Å²) in [5, 5.41) is 7.22. The van der Waals surface area contributed by atoms with E-state index in [0.717, 1.165) is 15.6 Å². The standard InChI is InChI=1S/C8H9BrN2.ClH/c1-5-3-2-4-6(7(5)9)8(10)11;/h2-4H,1H3,(H3,10,11);1H. The number of nitrogen functional groups attached to an aromatic ring is 1. The minimum absolute atomic E-state index is 0. The Kier molecular flexibility index (Phi) is 4.28. The topological polar surface area (TPSA) is 49.9 Å². The maximum atomic E-state index is 7.22. The zero-order valence-electron chi connectivity index (χ0n) is 6.60. The van der Waals surface area contributed by atoms with Crippen LogP contribution < -0.4 is 5.73 Å². The molecule has 0 saturated carbocycles. The van der Waals surface area contributed by atoms with Crippen LogP contribution in [0.15, 0.2) is 22.7 Å². The van der Waals surface area contributed by atoms with Gasteiger partial charge < -0.3 is 5.73 Å². The van der Waals surface area contributed by atoms with Crippen LogP contribution in [0.5, 0.6) is 0 Å². The molecule has 1 aromatic carbocycles. The third-order valence-electron chi connectivity index (χ3n) is 1.48. The predicted octanol–water partition coefficient (Wildman–Crippen LogP) is 2.46. The molecule has 0 spiro atoms. The fourth-order valence-corrected chi connectivity index (χ4v) is 1.33. The van der Waals surface area contributed by atoms with E-state index in [1.54, 1.807) is 0 Å². The molecule has 0 fully saturated rings. The molecule has 1 rings (SSSR count). The molecular formula is C8H10BrClN2. The van der Waals surface area contributed by atoms with Crippen LogP contribution in [0, 0.1) is 12.3 Å². The smallest absolute Gasteiger partial charge is 0.123 e. The third kappa shape index (κ3) is 2.22. The number of nitrogens with two attached hydrogens (primary N) is 1. The van der Waals surface area contributed by atoms with Gasteiger partial charge in [0.25, 0.3) is 0 Å². The quantitative estimate of drug-likeness (QED) is 0.583. The summed E-state index contributed by atoms with van der Waals surface area (Å²) in [5.41, 5.74) is 7.19. The Morgan fingerprint density at radius 2 is 2.08 bits per heavy atom. The highest BCUT2D eigenvalue weighted by Crippen LogP contribution is 2.19. The Labute approximate surface area is 86.2 Å². The molecule has 0 aliphatic rings. The van der Waals surface area contributed by atoms with Crippen molar-refractivity contribution in [2.24, 2.45) is 5.73 Å². The summed E-state index contributed by atoms with van der Waals surface area (Å²) in [4.78, 5) is 0. The SMILES string of the molecule is Cc1cccc(C(=N)N)c1Br.Cl. The lowest BCUT2D eigenvalue weighted by Gasteiger charge is -2.03. The van der Waals surface area contributed by atoms with Gasteiger partial charge in [-0.05, 0) is 28.4 Å². The first-order valence-corrected chi connectivity index (χ1v) is 4.01. The van der Waals surface area contributed by atoms with Gasteiger partial charge in [0, 0.05) is 10.0 Å². The van der Waals surface area contributed by atoms with Crippen LogP contribution in [0.2, 0.25) is 0 Å². The van der Waals surface area contributed by atoms with Crippen molar-refractivity contribution in [3.63, 3.8) is 0 Å². The van der Waals surface area contributed by atoms with Gasteiger partial charge in [0.1, 0.15) is 5.84 Å². The van der Waals surface area contributed by atoms with Crippen LogP contribution >= 0.6 is 28.3 Å². The molecular weight excluding hydrogens is 239 g/mol. The number of nitrogens with one attached hydrogen (secondary N) is 1. The van der Waals surface area contributed by atoms with Gasteiger partial charge in [0.2, 0.25) is 0 Å². The van der Waals surface area contributed by atoms with Crippen molar-refractivity contribution in [2.45, 2.75) is 6.92 Å². The predicted molar refractivity (Wildman–Crippen MR) is 57.1 cm³/mol. The number of aryl methyl sites for hydroxylation is 1. The van der Waals surface area contributed by atoms with Crippen LogP contribution in [0.1, 0.15) is 11.1 Å². The first-order chi connectivity index (χ1) is 5.13. The molecule has 0 saturated heterocycles. The molecule has 0 unspecified atom stereocenters. The lowest BCUT2D eigenvalue weighted by molar-refractivity contribution is 1.36. The van der Waals surface area contributed by atoms with Crippen molar-refractivity contribution >= 4 is 34.2 Å². The molecule has 1 aromatic rings. The molecule has 4 heteroatoms. The maximum absolute atomic E-state index is 7.22. The fourth-order valence-electron chi connectivity index (χ4n) is 0.855. The van der Waals surface area contributed by atoms with E-state index in [-0.39, 0.29) is 18.2 Å². The zero-order chi connectivity index (χ0) is 8.43. The summed E-state index contributed by atoms with van der Waals surface area (Å²) in [6, 6.07) is 5.67. The second-order valence-electron chi connectivity index (χ2n) is 2.35. The number of amidine groups is 1. The largest absolute Gasteiger partial charge is 0.384 e. The van der Waals surface area contributed by atoms with Crippen molar-refractivity contribution in [1.82, 2.24) is 0 Å². The highest BCUT2D eigenvalue weighted by atomic mass is 79.9. The molecule has 0 amide bonds. The Morgan fingerprint density at radius 3 is 2.50 bits per heavy atom. The second-order valence-corrected chi connectivity index (χ2v) is 3.14. The minimum atomic E-state index is 0. The van der Waals surface area contributed by atoms with Gasteiger partial charge in [-0.3, -0.25) is 5.41 Å². The fraction of sp³-hybridized carbons (Fsp3) is 0.125. The Bertz CT molecular complexity index is 299. The summed E-state index contributed by atoms with van der Waals surface area (Å²) in [6.07, 6.45) is 0. The summed E-state index contributed by atoms with van der Waals surface area (Å²) in [5.74, 6) is 0.0978. The van der Waals surface area contributed by atoms with Crippen LogP contribution in [0.25, 0.3) is 0 Å². The molecule has 0 aliphatic carbocycles. The first kappa shape index (κ1) is 11.5. The van der Waals surface area contributed by atoms with Crippen molar-refractivity contribution in [2.75, 3.05) is 0 Å². The van der Waals surface area contributed by atoms with Crippen molar-refractivity contribution in [3.8, 4) is 0 Å². The molecule has 0 aliphatic heterocycles. The van der Waals surface area contributed by atoms with Crippen molar-refractivity contribution in [3.05, 3.63) is 33.8 Å². The van der Waals surface area contributed by atoms with E-state index in [2.05, 4.69) is 15.9 Å². The summed E-state index contributed by atoms with van der Waals surface area (Å²) < 4.78 is 0.910. The monoisotopic (exact) mass is 248 g/mol. The van der Waals surface area contributed by atoms with Crippen LogP contribution in [-0.4, -0.2) is 5.84 Å². The number of rotatable bonds is 1. The molecule has 0 aromatic heterocycles. The highest BCUT2D eigenvalue weighted by Gasteiger charge is 2.03. The number of hydrogen-bond donors (Lipinski definition) is 2. The zero-order valence-corrected chi connectivity index (χ0v) is 9.00. The molecule has 2 nitrogen and oxygen atoms in total. The third-order valence-corrected chi connectivity index (χ3v) is 2.53. The van der Waals surface area contributed by atoms with Crippen molar-refractivity contribution in [1.29, 1.82) is 5.41 Å². The molecule has 3 N–H and O–H groups in total. The van der Waals surface area contributed by atoms with E-state index in [1.807, 2.05) is 25.1 Å². The van der Waals surface area contributed by atoms with Gasteiger partial charge in [-0.15, -0.1) is 12.4 Å². The summed E-state index contributed by atoms with van der Waals surface area (Å²) in [6.45, 7) is 1.97. The second kappa shape index (κ2) is 4.48. The van der Waals surface area contributed by atoms with Crippen molar-refractivity contribution < 1.29 is 0 Å². The van der Waals surface area contributed by atoms with Crippen LogP contribution in [-0.2, 0) is 0 Å². The van der Waals surface area contributed by atoms with Gasteiger partial charge in [-0.2, -0.15) is 0 Å². The van der Waals surface area contributed by atoms with E-state index in [4.69, 9.17) is 11.1 Å². The summed E-state index contributed by atoms with van der Waals surface area (Å²) in [7, 11) is 0. The van der Waals surface area contributed by atoms with Crippen LogP contribution in [0.3, 0.4) is 0 Å². The van der Waals surface area contributed by atoms with Gasteiger partial charge in [0.15, 0.2) is 0 Å².